The summed E-state index contributed by atoms with van der Waals surface area (Å²) in [5.74, 6) is 0.804. The highest BCUT2D eigenvalue weighted by Crippen LogP contribution is 2.27. The van der Waals surface area contributed by atoms with E-state index >= 15 is 0 Å². The molecule has 0 spiro atoms. The van der Waals surface area contributed by atoms with Crippen molar-refractivity contribution in [2.75, 3.05) is 0 Å². The number of hydrogen-bond donors (Lipinski definition) is 1. The number of rotatable bonds is 4. The molecule has 0 bridgehead atoms. The van der Waals surface area contributed by atoms with Gasteiger partial charge in [0.2, 0.25) is 0 Å². The van der Waals surface area contributed by atoms with Crippen molar-refractivity contribution in [2.24, 2.45) is 12.8 Å². The molecule has 0 fully saturated rings. The van der Waals surface area contributed by atoms with Crippen molar-refractivity contribution < 1.29 is 4.74 Å². The van der Waals surface area contributed by atoms with Gasteiger partial charge in [-0.05, 0) is 31.2 Å². The normalized spacial score (nSPS) is 12.4. The van der Waals surface area contributed by atoms with Crippen molar-refractivity contribution in [2.45, 2.75) is 19.6 Å². The summed E-state index contributed by atoms with van der Waals surface area (Å²) in [7, 11) is 1.89. The van der Waals surface area contributed by atoms with Crippen LogP contribution in [-0.2, 0) is 13.7 Å². The number of ether oxygens (including phenoxy) is 1. The van der Waals surface area contributed by atoms with Gasteiger partial charge in [0, 0.05) is 29.3 Å². The zero-order valence-corrected chi connectivity index (χ0v) is 12.0. The molecule has 2 aromatic rings. The number of nitrogens with zero attached hydrogens (tertiary/aromatic N) is 2. The number of hydrogen-bond acceptors (Lipinski definition) is 3. The molecule has 0 aliphatic carbocycles. The predicted molar refractivity (Wildman–Crippen MR) is 74.3 cm³/mol. The zero-order chi connectivity index (χ0) is 13.1. The van der Waals surface area contributed by atoms with Gasteiger partial charge in [0.05, 0.1) is 5.69 Å². The molecule has 18 heavy (non-hydrogen) atoms. The molecule has 0 saturated heterocycles. The van der Waals surface area contributed by atoms with Gasteiger partial charge in [-0.1, -0.05) is 15.9 Å². The first kappa shape index (κ1) is 13.1. The van der Waals surface area contributed by atoms with Crippen LogP contribution in [0.3, 0.4) is 0 Å². The number of aromatic nitrogens is 2. The van der Waals surface area contributed by atoms with Crippen molar-refractivity contribution in [3.8, 4) is 5.75 Å². The number of aryl methyl sites for hydroxylation is 1. The largest absolute Gasteiger partial charge is 0.487 e. The Balaban J connectivity index is 2.13. The lowest BCUT2D eigenvalue weighted by Gasteiger charge is -2.13. The highest BCUT2D eigenvalue weighted by Gasteiger charge is 2.09. The summed E-state index contributed by atoms with van der Waals surface area (Å²) in [6.45, 7) is 2.39. The molecular formula is C13H16BrN3O. The lowest BCUT2D eigenvalue weighted by molar-refractivity contribution is 0.295. The third kappa shape index (κ3) is 3.11. The minimum atomic E-state index is -0.0683. The van der Waals surface area contributed by atoms with Crippen LogP contribution in [0.25, 0.3) is 0 Å². The van der Waals surface area contributed by atoms with Gasteiger partial charge in [0.1, 0.15) is 12.4 Å². The van der Waals surface area contributed by atoms with Gasteiger partial charge in [-0.2, -0.15) is 5.10 Å². The molecule has 1 unspecified atom stereocenters. The van der Waals surface area contributed by atoms with Gasteiger partial charge in [0.25, 0.3) is 0 Å². The predicted octanol–water partition coefficient (Wildman–Crippen LogP) is 2.78. The second-order valence-electron chi connectivity index (χ2n) is 4.24. The molecule has 5 heteroatoms. The van der Waals surface area contributed by atoms with Gasteiger partial charge in [-0.3, -0.25) is 4.68 Å². The molecule has 1 heterocycles. The average molecular weight is 310 g/mol. The topological polar surface area (TPSA) is 53.1 Å². The summed E-state index contributed by atoms with van der Waals surface area (Å²) in [4.78, 5) is 0. The van der Waals surface area contributed by atoms with Gasteiger partial charge < -0.3 is 10.5 Å². The van der Waals surface area contributed by atoms with Crippen LogP contribution in [0.4, 0.5) is 0 Å². The molecule has 96 valence electrons. The van der Waals surface area contributed by atoms with Gasteiger partial charge in [-0.25, -0.2) is 0 Å². The molecule has 0 radical (unpaired) electrons. The summed E-state index contributed by atoms with van der Waals surface area (Å²) in [5, 5.41) is 4.27. The first-order valence-corrected chi connectivity index (χ1v) is 6.52. The van der Waals surface area contributed by atoms with Crippen LogP contribution in [0.1, 0.15) is 24.2 Å². The number of nitrogens with two attached hydrogens (primary N) is 1. The zero-order valence-electron chi connectivity index (χ0n) is 10.4. The fraction of sp³-hybridized carbons (Fsp3) is 0.308. The molecule has 0 amide bonds. The standard InChI is InChI=1S/C13H16BrN3O/c1-9(15)12-7-10(14)3-4-13(12)18-8-11-5-6-17(2)16-11/h3-7,9H,8,15H2,1-2H3. The summed E-state index contributed by atoms with van der Waals surface area (Å²) in [6.07, 6.45) is 1.90. The van der Waals surface area contributed by atoms with Crippen LogP contribution in [0.2, 0.25) is 0 Å². The Hall–Kier alpha value is -1.33. The first-order valence-electron chi connectivity index (χ1n) is 5.72. The van der Waals surface area contributed by atoms with Crippen molar-refractivity contribution in [3.63, 3.8) is 0 Å². The highest BCUT2D eigenvalue weighted by atomic mass is 79.9. The third-order valence-electron chi connectivity index (χ3n) is 2.61. The van der Waals surface area contributed by atoms with E-state index in [2.05, 4.69) is 21.0 Å². The number of benzene rings is 1. The molecule has 2 rings (SSSR count). The second kappa shape index (κ2) is 5.54. The van der Waals surface area contributed by atoms with Crippen molar-refractivity contribution in [1.82, 2.24) is 9.78 Å². The van der Waals surface area contributed by atoms with Crippen LogP contribution < -0.4 is 10.5 Å². The monoisotopic (exact) mass is 309 g/mol. The Labute approximate surface area is 115 Å². The van der Waals surface area contributed by atoms with E-state index < -0.39 is 0 Å². The van der Waals surface area contributed by atoms with Crippen molar-refractivity contribution in [1.29, 1.82) is 0 Å². The first-order chi connectivity index (χ1) is 8.56. The fourth-order valence-electron chi connectivity index (χ4n) is 1.70. The third-order valence-corrected chi connectivity index (χ3v) is 3.10. The SMILES string of the molecule is CC(N)c1cc(Br)ccc1OCc1ccn(C)n1. The Bertz CT molecular complexity index is 537. The quantitative estimate of drug-likeness (QED) is 0.945. The van der Waals surface area contributed by atoms with E-state index in [1.807, 2.05) is 44.4 Å². The Morgan fingerprint density at radius 2 is 2.22 bits per heavy atom. The maximum atomic E-state index is 5.94. The van der Waals surface area contributed by atoms with Gasteiger partial charge in [-0.15, -0.1) is 0 Å². The molecule has 1 aromatic heterocycles. The van der Waals surface area contributed by atoms with E-state index in [1.54, 1.807) is 4.68 Å². The van der Waals surface area contributed by atoms with Crippen LogP contribution >= 0.6 is 15.9 Å². The molecule has 0 aliphatic heterocycles. The molecule has 1 atom stereocenters. The van der Waals surface area contributed by atoms with Gasteiger partial charge >= 0.3 is 0 Å². The maximum Gasteiger partial charge on any atom is 0.132 e. The van der Waals surface area contributed by atoms with Crippen LogP contribution in [0, 0.1) is 0 Å². The smallest absolute Gasteiger partial charge is 0.132 e. The van der Waals surface area contributed by atoms with Gasteiger partial charge in [0.15, 0.2) is 0 Å². The average Bonchev–Trinajstić information content (AvgIpc) is 2.73. The molecular weight excluding hydrogens is 294 g/mol. The van der Waals surface area contributed by atoms with E-state index in [4.69, 9.17) is 10.5 Å². The van der Waals surface area contributed by atoms with E-state index in [0.717, 1.165) is 21.5 Å². The summed E-state index contributed by atoms with van der Waals surface area (Å²) >= 11 is 3.44. The molecule has 1 aromatic carbocycles. The Kier molecular flexibility index (Phi) is 4.04. The lowest BCUT2D eigenvalue weighted by atomic mass is 10.1. The molecule has 2 N–H and O–H groups in total. The molecule has 0 aliphatic rings. The number of halogens is 1. The highest BCUT2D eigenvalue weighted by molar-refractivity contribution is 9.10. The van der Waals surface area contributed by atoms with Crippen LogP contribution in [0.15, 0.2) is 34.9 Å². The molecule has 4 nitrogen and oxygen atoms in total. The molecule has 0 saturated carbocycles. The van der Waals surface area contributed by atoms with Crippen LogP contribution in [-0.4, -0.2) is 9.78 Å². The Morgan fingerprint density at radius 3 is 2.83 bits per heavy atom. The maximum absolute atomic E-state index is 5.94. The van der Waals surface area contributed by atoms with E-state index in [-0.39, 0.29) is 6.04 Å². The minimum Gasteiger partial charge on any atom is -0.487 e. The summed E-state index contributed by atoms with van der Waals surface area (Å²) < 4.78 is 8.53. The van der Waals surface area contributed by atoms with Crippen molar-refractivity contribution >= 4 is 15.9 Å². The second-order valence-corrected chi connectivity index (χ2v) is 5.16. The van der Waals surface area contributed by atoms with E-state index in [9.17, 15) is 0 Å². The van der Waals surface area contributed by atoms with E-state index in [1.165, 1.54) is 0 Å². The van der Waals surface area contributed by atoms with E-state index in [0.29, 0.717) is 6.61 Å². The summed E-state index contributed by atoms with van der Waals surface area (Å²) in [6, 6.07) is 7.72. The minimum absolute atomic E-state index is 0.0683. The lowest BCUT2D eigenvalue weighted by Crippen LogP contribution is -2.08. The Morgan fingerprint density at radius 1 is 1.44 bits per heavy atom. The fourth-order valence-corrected chi connectivity index (χ4v) is 2.08. The van der Waals surface area contributed by atoms with Crippen molar-refractivity contribution in [3.05, 3.63) is 46.2 Å². The summed E-state index contributed by atoms with van der Waals surface area (Å²) in [5.41, 5.74) is 7.82. The van der Waals surface area contributed by atoms with Crippen LogP contribution in [0.5, 0.6) is 5.75 Å².